The van der Waals surface area contributed by atoms with Crippen molar-refractivity contribution in [1.82, 2.24) is 9.55 Å². The highest BCUT2D eigenvalue weighted by molar-refractivity contribution is 5.84. The van der Waals surface area contributed by atoms with E-state index in [4.69, 9.17) is 0 Å². The lowest BCUT2D eigenvalue weighted by molar-refractivity contribution is 0.429. The molecule has 2 N–H and O–H groups in total. The van der Waals surface area contributed by atoms with E-state index in [1.165, 1.54) is 6.21 Å². The van der Waals surface area contributed by atoms with Crippen LogP contribution in [0.25, 0.3) is 5.69 Å². The van der Waals surface area contributed by atoms with E-state index in [2.05, 4.69) is 9.98 Å². The summed E-state index contributed by atoms with van der Waals surface area (Å²) in [6.45, 7) is 3.97. The van der Waals surface area contributed by atoms with Crippen LogP contribution in [0, 0.1) is 0 Å². The van der Waals surface area contributed by atoms with E-state index >= 15 is 0 Å². The molecule has 3 rings (SSSR count). The summed E-state index contributed by atoms with van der Waals surface area (Å²) in [5.41, 5.74) is 1.71. The molecule has 0 radical (unpaired) electrons. The zero-order chi connectivity index (χ0) is 19.4. The maximum atomic E-state index is 12.4. The van der Waals surface area contributed by atoms with Crippen LogP contribution in [0.1, 0.15) is 30.5 Å². The van der Waals surface area contributed by atoms with E-state index in [9.17, 15) is 14.7 Å². The second-order valence-corrected chi connectivity index (χ2v) is 6.05. The highest BCUT2D eigenvalue weighted by Gasteiger charge is 2.16. The fraction of sp³-hybridized carbons (Fsp3) is 0.190. The number of nitrogens with one attached hydrogen (secondary N) is 1. The van der Waals surface area contributed by atoms with Gasteiger partial charge in [-0.25, -0.2) is 9.36 Å². The minimum Gasteiger partial charge on any atom is -0.493 e. The number of para-hydroxylation sites is 2. The van der Waals surface area contributed by atoms with Gasteiger partial charge >= 0.3 is 5.69 Å². The highest BCUT2D eigenvalue weighted by Crippen LogP contribution is 2.22. The van der Waals surface area contributed by atoms with Crippen LogP contribution < -0.4 is 11.2 Å². The summed E-state index contributed by atoms with van der Waals surface area (Å²) in [6.07, 6.45) is 2.76. The molecule has 0 bridgehead atoms. The van der Waals surface area contributed by atoms with Crippen molar-refractivity contribution in [1.29, 1.82) is 0 Å². The van der Waals surface area contributed by atoms with Crippen LogP contribution in [0.5, 0.6) is 5.88 Å². The molecule has 0 saturated carbocycles. The zero-order valence-corrected chi connectivity index (χ0v) is 15.3. The summed E-state index contributed by atoms with van der Waals surface area (Å²) in [4.78, 5) is 31.2. The van der Waals surface area contributed by atoms with Crippen LogP contribution in [0.15, 0.2) is 63.1 Å². The first-order valence-electron chi connectivity index (χ1n) is 8.85. The largest absolute Gasteiger partial charge is 0.493 e. The zero-order valence-electron chi connectivity index (χ0n) is 15.3. The predicted octanol–water partition coefficient (Wildman–Crippen LogP) is 3.11. The minimum atomic E-state index is -0.690. The Bertz CT molecular complexity index is 1110. The first-order chi connectivity index (χ1) is 13.1. The normalized spacial score (nSPS) is 11.2. The lowest BCUT2D eigenvalue weighted by atomic mass is 10.1. The summed E-state index contributed by atoms with van der Waals surface area (Å²) in [7, 11) is 0. The quantitative estimate of drug-likeness (QED) is 0.683. The first kappa shape index (κ1) is 18.4. The van der Waals surface area contributed by atoms with Gasteiger partial charge in [0, 0.05) is 6.21 Å². The number of hydrogen-bond donors (Lipinski definition) is 2. The number of aromatic amines is 1. The summed E-state index contributed by atoms with van der Waals surface area (Å²) in [6, 6.07) is 14.8. The second kappa shape index (κ2) is 7.86. The number of nitrogens with zero attached hydrogens (tertiary/aromatic N) is 2. The molecule has 0 aliphatic heterocycles. The molecule has 2 aromatic carbocycles. The number of hydrogen-bond acceptors (Lipinski definition) is 4. The number of benzene rings is 2. The lowest BCUT2D eigenvalue weighted by Crippen LogP contribution is -2.31. The third kappa shape index (κ3) is 3.60. The van der Waals surface area contributed by atoms with Crippen LogP contribution >= 0.6 is 0 Å². The van der Waals surface area contributed by atoms with Crippen LogP contribution in [-0.2, 0) is 12.8 Å². The predicted molar refractivity (Wildman–Crippen MR) is 107 cm³/mol. The van der Waals surface area contributed by atoms with Gasteiger partial charge in [-0.15, -0.1) is 0 Å². The molecule has 0 aliphatic rings. The summed E-state index contributed by atoms with van der Waals surface area (Å²) < 4.78 is 1.10. The molecule has 0 saturated heterocycles. The topological polar surface area (TPSA) is 87.4 Å². The minimum absolute atomic E-state index is 0.0635. The Morgan fingerprint density at radius 1 is 1.00 bits per heavy atom. The van der Waals surface area contributed by atoms with E-state index in [0.717, 1.165) is 22.1 Å². The van der Waals surface area contributed by atoms with E-state index in [1.54, 1.807) is 12.1 Å². The fourth-order valence-corrected chi connectivity index (χ4v) is 2.98. The molecule has 0 amide bonds. The maximum absolute atomic E-state index is 12.4. The SMILES string of the molecule is CCc1ccccc1N=Cc1c(O)n(-c2ccccc2CC)c(=O)[nH]c1=O. The second-order valence-electron chi connectivity index (χ2n) is 6.05. The molecule has 0 spiro atoms. The number of aromatic nitrogens is 2. The molecule has 138 valence electrons. The third-order valence-electron chi connectivity index (χ3n) is 4.44. The Morgan fingerprint density at radius 3 is 2.33 bits per heavy atom. The summed E-state index contributed by atoms with van der Waals surface area (Å²) >= 11 is 0. The van der Waals surface area contributed by atoms with E-state index < -0.39 is 17.1 Å². The Labute approximate surface area is 156 Å². The van der Waals surface area contributed by atoms with E-state index in [0.29, 0.717) is 17.8 Å². The Kier molecular flexibility index (Phi) is 5.35. The fourth-order valence-electron chi connectivity index (χ4n) is 2.98. The third-order valence-corrected chi connectivity index (χ3v) is 4.44. The van der Waals surface area contributed by atoms with Crippen molar-refractivity contribution in [3.63, 3.8) is 0 Å². The standard InChI is InChI=1S/C21H21N3O3/c1-3-14-9-5-7-11-17(14)22-13-16-19(25)23-21(27)24(20(16)26)18-12-8-6-10-15(18)4-2/h5-13,26H,3-4H2,1-2H3,(H,23,25,27). The van der Waals surface area contributed by atoms with Gasteiger partial charge in [0.1, 0.15) is 5.56 Å². The molecule has 0 aliphatic carbocycles. The van der Waals surface area contributed by atoms with Crippen molar-refractivity contribution < 1.29 is 5.11 Å². The van der Waals surface area contributed by atoms with Crippen LogP contribution in [-0.4, -0.2) is 20.9 Å². The van der Waals surface area contributed by atoms with Gasteiger partial charge in [0.15, 0.2) is 0 Å². The lowest BCUT2D eigenvalue weighted by Gasteiger charge is -2.13. The number of aromatic hydroxyl groups is 1. The number of H-pyrrole nitrogens is 1. The monoisotopic (exact) mass is 363 g/mol. The van der Waals surface area contributed by atoms with Crippen molar-refractivity contribution in [3.8, 4) is 11.6 Å². The molecule has 3 aromatic rings. The number of rotatable bonds is 5. The highest BCUT2D eigenvalue weighted by atomic mass is 16.3. The Balaban J connectivity index is 2.17. The molecular weight excluding hydrogens is 342 g/mol. The molecular formula is C21H21N3O3. The van der Waals surface area contributed by atoms with Gasteiger partial charge in [-0.3, -0.25) is 14.8 Å². The van der Waals surface area contributed by atoms with E-state index in [1.807, 2.05) is 50.2 Å². The summed E-state index contributed by atoms with van der Waals surface area (Å²) in [5.74, 6) is -0.428. The average molecular weight is 363 g/mol. The molecule has 27 heavy (non-hydrogen) atoms. The average Bonchev–Trinajstić information content (AvgIpc) is 2.68. The maximum Gasteiger partial charge on any atom is 0.335 e. The van der Waals surface area contributed by atoms with Crippen LogP contribution in [0.4, 0.5) is 5.69 Å². The van der Waals surface area contributed by atoms with Crippen molar-refractivity contribution >= 4 is 11.9 Å². The van der Waals surface area contributed by atoms with Gasteiger partial charge in [0.05, 0.1) is 11.4 Å². The Hall–Kier alpha value is -3.41. The number of aryl methyl sites for hydroxylation is 2. The molecule has 0 atom stereocenters. The van der Waals surface area contributed by atoms with Crippen molar-refractivity contribution in [2.75, 3.05) is 0 Å². The van der Waals surface area contributed by atoms with Gasteiger partial charge in [-0.1, -0.05) is 50.2 Å². The van der Waals surface area contributed by atoms with Gasteiger partial charge in [0.2, 0.25) is 5.88 Å². The number of aliphatic imine (C=N–C) groups is 1. The van der Waals surface area contributed by atoms with Gasteiger partial charge in [-0.05, 0) is 36.1 Å². The van der Waals surface area contributed by atoms with E-state index in [-0.39, 0.29) is 5.56 Å². The van der Waals surface area contributed by atoms with Crippen LogP contribution in [0.3, 0.4) is 0 Å². The van der Waals surface area contributed by atoms with Crippen molar-refractivity contribution in [2.45, 2.75) is 26.7 Å². The first-order valence-corrected chi connectivity index (χ1v) is 8.85. The van der Waals surface area contributed by atoms with Gasteiger partial charge < -0.3 is 5.11 Å². The van der Waals surface area contributed by atoms with Gasteiger partial charge in [-0.2, -0.15) is 0 Å². The molecule has 1 heterocycles. The summed E-state index contributed by atoms with van der Waals surface area (Å²) in [5, 5.41) is 10.7. The Morgan fingerprint density at radius 2 is 1.63 bits per heavy atom. The molecule has 6 nitrogen and oxygen atoms in total. The molecule has 1 aromatic heterocycles. The van der Waals surface area contributed by atoms with Crippen molar-refractivity contribution in [2.24, 2.45) is 4.99 Å². The van der Waals surface area contributed by atoms with Crippen molar-refractivity contribution in [3.05, 3.63) is 86.1 Å². The molecule has 0 fully saturated rings. The smallest absolute Gasteiger partial charge is 0.335 e. The van der Waals surface area contributed by atoms with Crippen LogP contribution in [0.2, 0.25) is 0 Å². The molecule has 6 heteroatoms. The molecule has 0 unspecified atom stereocenters. The van der Waals surface area contributed by atoms with Gasteiger partial charge in [0.25, 0.3) is 5.56 Å².